The Morgan fingerprint density at radius 2 is 2.07 bits per heavy atom. The molecular weight excluding hydrogens is 176 g/mol. The van der Waals surface area contributed by atoms with Crippen molar-refractivity contribution in [2.75, 3.05) is 13.2 Å². The van der Waals surface area contributed by atoms with Crippen molar-refractivity contribution in [1.82, 2.24) is 0 Å². The molecule has 0 fully saturated rings. The van der Waals surface area contributed by atoms with Gasteiger partial charge in [0.1, 0.15) is 0 Å². The molecular formula is C12H24O2. The molecule has 2 heteroatoms. The fourth-order valence-electron chi connectivity index (χ4n) is 1.35. The second-order valence-corrected chi connectivity index (χ2v) is 3.57. The number of rotatable bonds is 10. The number of ether oxygens (including phenoxy) is 1. The highest BCUT2D eigenvalue weighted by Gasteiger charge is 2.02. The first kappa shape index (κ1) is 13.7. The van der Waals surface area contributed by atoms with Gasteiger partial charge < -0.3 is 9.84 Å². The summed E-state index contributed by atoms with van der Waals surface area (Å²) in [5.74, 6) is 0. The molecule has 0 saturated heterocycles. The topological polar surface area (TPSA) is 29.5 Å². The van der Waals surface area contributed by atoms with Crippen LogP contribution in [0.2, 0.25) is 0 Å². The Labute approximate surface area is 88.0 Å². The third kappa shape index (κ3) is 9.75. The fraction of sp³-hybridized carbons (Fsp3) is 0.833. The van der Waals surface area contributed by atoms with E-state index in [0.29, 0.717) is 6.61 Å². The van der Waals surface area contributed by atoms with E-state index in [0.717, 1.165) is 32.3 Å². The zero-order chi connectivity index (χ0) is 10.6. The van der Waals surface area contributed by atoms with E-state index in [4.69, 9.17) is 4.74 Å². The van der Waals surface area contributed by atoms with Crippen LogP contribution in [0.4, 0.5) is 0 Å². The Morgan fingerprint density at radius 3 is 2.71 bits per heavy atom. The average Bonchev–Trinajstić information content (AvgIpc) is 2.18. The predicted molar refractivity (Wildman–Crippen MR) is 60.4 cm³/mol. The zero-order valence-corrected chi connectivity index (χ0v) is 9.37. The molecule has 0 aliphatic rings. The van der Waals surface area contributed by atoms with Gasteiger partial charge in [0, 0.05) is 13.2 Å². The number of unbranched alkanes of at least 4 members (excludes halogenated alkanes) is 3. The van der Waals surface area contributed by atoms with Crippen molar-refractivity contribution >= 4 is 0 Å². The van der Waals surface area contributed by atoms with Crippen LogP contribution in [-0.4, -0.2) is 24.4 Å². The van der Waals surface area contributed by atoms with Gasteiger partial charge in [0.15, 0.2) is 0 Å². The monoisotopic (exact) mass is 200 g/mol. The lowest BCUT2D eigenvalue weighted by atomic mass is 10.1. The van der Waals surface area contributed by atoms with Crippen LogP contribution in [0.3, 0.4) is 0 Å². The van der Waals surface area contributed by atoms with Gasteiger partial charge >= 0.3 is 0 Å². The molecule has 0 rings (SSSR count). The van der Waals surface area contributed by atoms with Gasteiger partial charge in [-0.15, -0.1) is 6.58 Å². The molecule has 1 N–H and O–H groups in total. The number of allylic oxidation sites excluding steroid dienone is 1. The van der Waals surface area contributed by atoms with Crippen molar-refractivity contribution in [3.05, 3.63) is 12.7 Å². The van der Waals surface area contributed by atoms with Gasteiger partial charge in [0.05, 0.1) is 6.10 Å². The van der Waals surface area contributed by atoms with E-state index in [1.807, 2.05) is 13.0 Å². The Morgan fingerprint density at radius 1 is 1.29 bits per heavy atom. The predicted octanol–water partition coefficient (Wildman–Crippen LogP) is 2.91. The zero-order valence-electron chi connectivity index (χ0n) is 9.37. The third-order valence-corrected chi connectivity index (χ3v) is 2.25. The maximum atomic E-state index is 9.53. The lowest BCUT2D eigenvalue weighted by Gasteiger charge is -2.09. The number of aliphatic hydroxyl groups is 1. The van der Waals surface area contributed by atoms with Gasteiger partial charge in [-0.05, 0) is 32.6 Å². The summed E-state index contributed by atoms with van der Waals surface area (Å²) in [4.78, 5) is 0. The molecule has 1 unspecified atom stereocenters. The molecule has 0 radical (unpaired) electrons. The molecule has 0 aromatic carbocycles. The van der Waals surface area contributed by atoms with E-state index in [1.165, 1.54) is 12.8 Å². The minimum atomic E-state index is -0.176. The van der Waals surface area contributed by atoms with Gasteiger partial charge in [0.2, 0.25) is 0 Å². The maximum absolute atomic E-state index is 9.53. The Kier molecular flexibility index (Phi) is 10.5. The summed E-state index contributed by atoms with van der Waals surface area (Å²) < 4.78 is 5.18. The standard InChI is InChI=1S/C12H24O2/c1-3-5-6-7-8-9-12(13)10-11-14-4-2/h3,12-13H,1,4-11H2,2H3. The van der Waals surface area contributed by atoms with E-state index in [-0.39, 0.29) is 6.10 Å². The molecule has 0 aromatic rings. The fourth-order valence-corrected chi connectivity index (χ4v) is 1.35. The third-order valence-electron chi connectivity index (χ3n) is 2.25. The molecule has 0 aromatic heterocycles. The first-order valence-corrected chi connectivity index (χ1v) is 5.68. The van der Waals surface area contributed by atoms with Crippen molar-refractivity contribution in [2.45, 2.75) is 51.6 Å². The summed E-state index contributed by atoms with van der Waals surface area (Å²) in [7, 11) is 0. The second kappa shape index (κ2) is 10.7. The van der Waals surface area contributed by atoms with Crippen LogP contribution in [0, 0.1) is 0 Å². The van der Waals surface area contributed by atoms with E-state index < -0.39 is 0 Å². The number of hydrogen-bond acceptors (Lipinski definition) is 2. The van der Waals surface area contributed by atoms with Gasteiger partial charge in [0.25, 0.3) is 0 Å². The van der Waals surface area contributed by atoms with Crippen molar-refractivity contribution in [1.29, 1.82) is 0 Å². The minimum Gasteiger partial charge on any atom is -0.393 e. The smallest absolute Gasteiger partial charge is 0.0562 e. The molecule has 0 heterocycles. The molecule has 0 saturated carbocycles. The van der Waals surface area contributed by atoms with Crippen LogP contribution in [0.25, 0.3) is 0 Å². The van der Waals surface area contributed by atoms with E-state index >= 15 is 0 Å². The highest BCUT2D eigenvalue weighted by molar-refractivity contribution is 4.65. The number of hydrogen-bond donors (Lipinski definition) is 1. The molecule has 2 nitrogen and oxygen atoms in total. The second-order valence-electron chi connectivity index (χ2n) is 3.57. The van der Waals surface area contributed by atoms with Crippen LogP contribution >= 0.6 is 0 Å². The Bertz CT molecular complexity index is 123. The summed E-state index contributed by atoms with van der Waals surface area (Å²) >= 11 is 0. The molecule has 84 valence electrons. The van der Waals surface area contributed by atoms with Crippen LogP contribution in [0.5, 0.6) is 0 Å². The summed E-state index contributed by atoms with van der Waals surface area (Å²) in [6.07, 6.45) is 8.05. The van der Waals surface area contributed by atoms with Crippen molar-refractivity contribution in [3.63, 3.8) is 0 Å². The average molecular weight is 200 g/mol. The first-order valence-electron chi connectivity index (χ1n) is 5.68. The molecule has 0 spiro atoms. The van der Waals surface area contributed by atoms with Crippen LogP contribution in [0.1, 0.15) is 45.4 Å². The summed E-state index contributed by atoms with van der Waals surface area (Å²) in [5, 5.41) is 9.53. The first-order chi connectivity index (χ1) is 6.81. The molecule has 0 aliphatic heterocycles. The summed E-state index contributed by atoms with van der Waals surface area (Å²) in [5.41, 5.74) is 0. The lowest BCUT2D eigenvalue weighted by molar-refractivity contribution is 0.0829. The molecule has 0 aliphatic carbocycles. The van der Waals surface area contributed by atoms with Crippen molar-refractivity contribution < 1.29 is 9.84 Å². The van der Waals surface area contributed by atoms with E-state index in [9.17, 15) is 5.11 Å². The number of aliphatic hydroxyl groups excluding tert-OH is 1. The van der Waals surface area contributed by atoms with Gasteiger partial charge in [-0.1, -0.05) is 18.9 Å². The Hall–Kier alpha value is -0.340. The minimum absolute atomic E-state index is 0.176. The molecule has 14 heavy (non-hydrogen) atoms. The Balaban J connectivity index is 3.09. The normalized spacial score (nSPS) is 12.7. The van der Waals surface area contributed by atoms with Crippen molar-refractivity contribution in [2.24, 2.45) is 0 Å². The molecule has 0 amide bonds. The summed E-state index contributed by atoms with van der Waals surface area (Å²) in [6, 6.07) is 0. The highest BCUT2D eigenvalue weighted by Crippen LogP contribution is 2.08. The van der Waals surface area contributed by atoms with Crippen LogP contribution in [0.15, 0.2) is 12.7 Å². The van der Waals surface area contributed by atoms with Gasteiger partial charge in [-0.3, -0.25) is 0 Å². The maximum Gasteiger partial charge on any atom is 0.0562 e. The molecule has 0 bridgehead atoms. The van der Waals surface area contributed by atoms with Crippen LogP contribution in [-0.2, 0) is 4.74 Å². The van der Waals surface area contributed by atoms with Gasteiger partial charge in [-0.25, -0.2) is 0 Å². The largest absolute Gasteiger partial charge is 0.393 e. The van der Waals surface area contributed by atoms with Crippen LogP contribution < -0.4 is 0 Å². The van der Waals surface area contributed by atoms with E-state index in [2.05, 4.69) is 6.58 Å². The SMILES string of the molecule is C=CCCCCCC(O)CCOCC. The quantitative estimate of drug-likeness (QED) is 0.434. The van der Waals surface area contributed by atoms with Crippen molar-refractivity contribution in [3.8, 4) is 0 Å². The lowest BCUT2D eigenvalue weighted by Crippen LogP contribution is -2.10. The van der Waals surface area contributed by atoms with Gasteiger partial charge in [-0.2, -0.15) is 0 Å². The summed E-state index contributed by atoms with van der Waals surface area (Å²) in [6.45, 7) is 7.08. The van der Waals surface area contributed by atoms with E-state index in [1.54, 1.807) is 0 Å². The molecule has 1 atom stereocenters. The highest BCUT2D eigenvalue weighted by atomic mass is 16.5.